The van der Waals surface area contributed by atoms with Crippen molar-refractivity contribution in [3.05, 3.63) is 12.2 Å². The van der Waals surface area contributed by atoms with Crippen LogP contribution in [0.5, 0.6) is 0 Å². The maximum Gasteiger partial charge on any atom is 0.306 e. The Kier molecular flexibility index (Phi) is 43.3. The first-order valence-corrected chi connectivity index (χ1v) is 26.2. The number of hydrogen-bond donors (Lipinski definition) is 0. The van der Waals surface area contributed by atoms with Crippen molar-refractivity contribution in [3.63, 3.8) is 0 Å². The van der Waals surface area contributed by atoms with E-state index in [4.69, 9.17) is 14.2 Å². The molecule has 0 aliphatic carbocycles. The number of ether oxygens (including phenoxy) is 3. The van der Waals surface area contributed by atoms with Crippen LogP contribution < -0.4 is 5.11 Å². The molecule has 0 aliphatic rings. The summed E-state index contributed by atoms with van der Waals surface area (Å²) in [5.41, 5.74) is 0. The molecule has 0 heterocycles. The second kappa shape index (κ2) is 44.7. The molecule has 0 aromatic heterocycles. The van der Waals surface area contributed by atoms with Gasteiger partial charge in [-0.05, 0) is 38.5 Å². The highest BCUT2D eigenvalue weighted by Crippen LogP contribution is 2.16. The molecule has 0 saturated heterocycles. The van der Waals surface area contributed by atoms with Crippen molar-refractivity contribution in [2.24, 2.45) is 0 Å². The number of carboxylic acids is 1. The predicted octanol–water partition coefficient (Wildman–Crippen LogP) is 13.7. The average molecular weight is 864 g/mol. The van der Waals surface area contributed by atoms with Crippen molar-refractivity contribution < 1.29 is 38.2 Å². The Bertz CT molecular complexity index is 1010. The molecule has 0 fully saturated rings. The molecule has 0 aromatic carbocycles. The molecule has 2 unspecified atom stereocenters. The normalized spacial score (nSPS) is 12.9. The monoisotopic (exact) mass is 864 g/mol. The zero-order valence-corrected chi connectivity index (χ0v) is 41.1. The maximum atomic E-state index is 12.8. The molecule has 0 aromatic rings. The van der Waals surface area contributed by atoms with Gasteiger partial charge in [0.25, 0.3) is 0 Å². The zero-order chi connectivity index (χ0) is 44.9. The Hall–Kier alpha value is -1.93. The number of esters is 2. The Morgan fingerprint density at radius 1 is 0.475 bits per heavy atom. The average Bonchev–Trinajstić information content (AvgIpc) is 3.22. The van der Waals surface area contributed by atoms with Crippen LogP contribution in [-0.2, 0) is 28.6 Å². The van der Waals surface area contributed by atoms with E-state index in [1.54, 1.807) is 0 Å². The van der Waals surface area contributed by atoms with Crippen molar-refractivity contribution in [2.75, 3.05) is 41.0 Å². The van der Waals surface area contributed by atoms with E-state index in [0.717, 1.165) is 38.5 Å². The van der Waals surface area contributed by atoms with E-state index >= 15 is 0 Å². The number of nitrogens with zero attached hydrogens (tertiary/aromatic N) is 1. The summed E-state index contributed by atoms with van der Waals surface area (Å²) in [5.74, 6) is -1.72. The van der Waals surface area contributed by atoms with Gasteiger partial charge in [0.1, 0.15) is 12.6 Å². The van der Waals surface area contributed by atoms with E-state index in [1.165, 1.54) is 186 Å². The molecule has 0 saturated carbocycles. The minimum Gasteiger partial charge on any atom is -0.544 e. The van der Waals surface area contributed by atoms with Crippen LogP contribution in [0.25, 0.3) is 0 Å². The first-order chi connectivity index (χ1) is 29.6. The van der Waals surface area contributed by atoms with Gasteiger partial charge in [0.15, 0.2) is 6.10 Å². The highest BCUT2D eigenvalue weighted by Gasteiger charge is 2.25. The lowest BCUT2D eigenvalue weighted by atomic mass is 10.0. The fourth-order valence-electron chi connectivity index (χ4n) is 8.07. The second-order valence-electron chi connectivity index (χ2n) is 19.1. The Morgan fingerprint density at radius 3 is 1.18 bits per heavy atom. The number of likely N-dealkylation sites (N-methyl/N-ethyl adjacent to an activating group) is 1. The fraction of sp³-hybridized carbons (Fsp3) is 0.906. The van der Waals surface area contributed by atoms with E-state index in [0.29, 0.717) is 12.8 Å². The summed E-state index contributed by atoms with van der Waals surface area (Å²) in [7, 11) is 5.42. The lowest BCUT2D eigenvalue weighted by Crippen LogP contribution is -2.55. The molecule has 0 amide bonds. The number of hydrogen-bond acceptors (Lipinski definition) is 7. The van der Waals surface area contributed by atoms with Crippen molar-refractivity contribution in [2.45, 2.75) is 270 Å². The lowest BCUT2D eigenvalue weighted by Gasteiger charge is -2.34. The smallest absolute Gasteiger partial charge is 0.306 e. The second-order valence-corrected chi connectivity index (χ2v) is 19.1. The number of aliphatic carboxylic acids is 1. The summed E-state index contributed by atoms with van der Waals surface area (Å²) in [6.45, 7) is 4.70. The third kappa shape index (κ3) is 43.1. The summed E-state index contributed by atoms with van der Waals surface area (Å²) in [6, 6.07) is -0.723. The Morgan fingerprint density at radius 2 is 0.820 bits per heavy atom. The van der Waals surface area contributed by atoms with Gasteiger partial charge in [-0.1, -0.05) is 212 Å². The van der Waals surface area contributed by atoms with Crippen LogP contribution in [0.1, 0.15) is 258 Å². The summed E-state index contributed by atoms with van der Waals surface area (Å²) in [6.07, 6.45) is 49.6. The number of rotatable bonds is 48. The number of carboxylic acid groups (broad SMARTS) is 1. The minimum atomic E-state index is -1.12. The zero-order valence-electron chi connectivity index (χ0n) is 41.1. The fourth-order valence-corrected chi connectivity index (χ4v) is 8.07. The third-order valence-electron chi connectivity index (χ3n) is 12.2. The van der Waals surface area contributed by atoms with Crippen molar-refractivity contribution in [3.8, 4) is 0 Å². The molecule has 8 nitrogen and oxygen atoms in total. The number of unbranched alkanes of at least 4 members (excludes halogenated alkanes) is 32. The molecule has 8 heteroatoms. The minimum absolute atomic E-state index is 0.0450. The van der Waals surface area contributed by atoms with Gasteiger partial charge in [-0.2, -0.15) is 0 Å². The van der Waals surface area contributed by atoms with Crippen molar-refractivity contribution >= 4 is 17.9 Å². The molecule has 0 aliphatic heterocycles. The van der Waals surface area contributed by atoms with Crippen LogP contribution in [0.3, 0.4) is 0 Å². The van der Waals surface area contributed by atoms with Gasteiger partial charge >= 0.3 is 11.9 Å². The van der Waals surface area contributed by atoms with Crippen molar-refractivity contribution in [1.82, 2.24) is 0 Å². The van der Waals surface area contributed by atoms with E-state index in [1.807, 2.05) is 21.1 Å². The molecular formula is C53H101NO7. The lowest BCUT2D eigenvalue weighted by molar-refractivity contribution is -0.889. The summed E-state index contributed by atoms with van der Waals surface area (Å²) in [4.78, 5) is 37.0. The van der Waals surface area contributed by atoms with Crippen LogP contribution in [0.4, 0.5) is 0 Å². The van der Waals surface area contributed by atoms with Gasteiger partial charge in [0.05, 0.1) is 40.3 Å². The van der Waals surface area contributed by atoms with Crippen molar-refractivity contribution in [1.29, 1.82) is 0 Å². The summed E-state index contributed by atoms with van der Waals surface area (Å²) >= 11 is 0. The number of carbonyl (C=O) groups excluding carboxylic acids is 3. The number of carbonyl (C=O) groups is 3. The highest BCUT2D eigenvalue weighted by atomic mass is 16.6. The van der Waals surface area contributed by atoms with Crippen LogP contribution in [0.15, 0.2) is 12.2 Å². The molecule has 360 valence electrons. The van der Waals surface area contributed by atoms with E-state index in [2.05, 4.69) is 26.0 Å². The molecule has 0 bridgehead atoms. The predicted molar refractivity (Wildman–Crippen MR) is 254 cm³/mol. The molecule has 0 rings (SSSR count). The summed E-state index contributed by atoms with van der Waals surface area (Å²) in [5, 5.41) is 11.7. The highest BCUT2D eigenvalue weighted by molar-refractivity contribution is 5.70. The molecule has 0 spiro atoms. The van der Waals surface area contributed by atoms with Gasteiger partial charge in [0.2, 0.25) is 0 Å². The van der Waals surface area contributed by atoms with E-state index < -0.39 is 18.1 Å². The molecular weight excluding hydrogens is 763 g/mol. The van der Waals surface area contributed by atoms with Gasteiger partial charge in [0, 0.05) is 19.3 Å². The largest absolute Gasteiger partial charge is 0.544 e. The van der Waals surface area contributed by atoms with Crippen LogP contribution in [0, 0.1) is 0 Å². The number of quaternary nitrogens is 1. The first kappa shape index (κ1) is 59.1. The molecule has 2 atom stereocenters. The maximum absolute atomic E-state index is 12.8. The quantitative estimate of drug-likeness (QED) is 0.0260. The third-order valence-corrected chi connectivity index (χ3v) is 12.2. The van der Waals surface area contributed by atoms with E-state index in [9.17, 15) is 19.5 Å². The standard InChI is InChI=1S/C53H101NO7/c1-6-8-10-12-14-16-18-20-22-23-24-25-26-27-28-29-30-32-34-36-38-40-42-44-52(56)61-49(47-59-46-45-50(53(57)58)54(3,4)5)48-60-51(55)43-41-39-37-35-33-31-21-19-17-15-13-11-9-7-2/h27-28,49-50H,6-26,29-48H2,1-5H3/b28-27+. The summed E-state index contributed by atoms with van der Waals surface area (Å²) < 4.78 is 17.2. The van der Waals surface area contributed by atoms with Gasteiger partial charge < -0.3 is 28.6 Å². The molecule has 61 heavy (non-hydrogen) atoms. The Balaban J connectivity index is 4.17. The molecule has 0 radical (unpaired) electrons. The van der Waals surface area contributed by atoms with Gasteiger partial charge in [-0.15, -0.1) is 0 Å². The van der Waals surface area contributed by atoms with E-state index in [-0.39, 0.29) is 42.7 Å². The first-order valence-electron chi connectivity index (χ1n) is 26.2. The van der Waals surface area contributed by atoms with Crippen LogP contribution >= 0.6 is 0 Å². The molecule has 0 N–H and O–H groups in total. The van der Waals surface area contributed by atoms with Crippen LogP contribution in [0.2, 0.25) is 0 Å². The topological polar surface area (TPSA) is 102 Å². The van der Waals surface area contributed by atoms with Crippen LogP contribution in [-0.4, -0.2) is 75.5 Å². The Labute approximate surface area is 378 Å². The SMILES string of the molecule is CCCCCCCCCCCCCC/C=C/CCCCCCCCCC(=O)OC(COCCC(C(=O)[O-])[N+](C)(C)C)COC(=O)CCCCCCCCCCCCCCCC. The number of allylic oxidation sites excluding steroid dienone is 2. The van der Waals surface area contributed by atoms with Gasteiger partial charge in [-0.25, -0.2) is 0 Å². The van der Waals surface area contributed by atoms with Gasteiger partial charge in [-0.3, -0.25) is 9.59 Å².